The van der Waals surface area contributed by atoms with E-state index in [0.29, 0.717) is 21.3 Å². The number of aromatic carboxylic acids is 1. The topological polar surface area (TPSA) is 37.3 Å². The molecule has 0 saturated carbocycles. The van der Waals surface area contributed by atoms with Crippen LogP contribution < -0.4 is 0 Å². The normalized spacial score (nSPS) is 11.0. The second kappa shape index (κ2) is 5.68. The Morgan fingerprint density at radius 1 is 1.10 bits per heavy atom. The molecule has 5 heteroatoms. The molecule has 0 spiro atoms. The van der Waals surface area contributed by atoms with Gasteiger partial charge in [-0.2, -0.15) is 0 Å². The molecule has 1 heterocycles. The summed E-state index contributed by atoms with van der Waals surface area (Å²) in [7, 11) is 0. The van der Waals surface area contributed by atoms with E-state index < -0.39 is 5.97 Å². The lowest BCUT2D eigenvalue weighted by Gasteiger charge is -2.03. The second-order valence-corrected chi connectivity index (χ2v) is 6.57. The number of rotatable bonds is 3. The lowest BCUT2D eigenvalue weighted by atomic mass is 10.1. The summed E-state index contributed by atoms with van der Waals surface area (Å²) in [6.45, 7) is 0. The number of fused-ring (bicyclic) bond motifs is 1. The lowest BCUT2D eigenvalue weighted by Crippen LogP contribution is -1.91. The highest BCUT2D eigenvalue weighted by Crippen LogP contribution is 2.34. The summed E-state index contributed by atoms with van der Waals surface area (Å²) in [6.07, 6.45) is 0.592. The fraction of sp³-hybridized carbons (Fsp3) is 0.0625. The SMILES string of the molecule is O=C(O)c1sc(Cc2ccc(Cl)cc2Cl)c2ccccc12. The van der Waals surface area contributed by atoms with Gasteiger partial charge in [0.15, 0.2) is 0 Å². The molecule has 0 radical (unpaired) electrons. The predicted octanol–water partition coefficient (Wildman–Crippen LogP) is 5.50. The summed E-state index contributed by atoms with van der Waals surface area (Å²) in [5.41, 5.74) is 0.935. The van der Waals surface area contributed by atoms with Crippen LogP contribution in [0.4, 0.5) is 0 Å². The van der Waals surface area contributed by atoms with Gasteiger partial charge < -0.3 is 5.11 Å². The average molecular weight is 337 g/mol. The van der Waals surface area contributed by atoms with Crippen molar-refractivity contribution >= 4 is 51.3 Å². The molecule has 106 valence electrons. The number of carbonyl (C=O) groups is 1. The van der Waals surface area contributed by atoms with Gasteiger partial charge in [-0.15, -0.1) is 11.3 Å². The Labute approximate surface area is 135 Å². The number of halogens is 2. The first-order valence-electron chi connectivity index (χ1n) is 6.24. The Balaban J connectivity index is 2.10. The van der Waals surface area contributed by atoms with Crippen LogP contribution in [-0.2, 0) is 6.42 Å². The van der Waals surface area contributed by atoms with Gasteiger partial charge in [-0.3, -0.25) is 0 Å². The van der Waals surface area contributed by atoms with Gasteiger partial charge in [-0.25, -0.2) is 4.79 Å². The molecule has 2 aromatic carbocycles. The molecule has 3 rings (SSSR count). The van der Waals surface area contributed by atoms with E-state index in [-0.39, 0.29) is 0 Å². The van der Waals surface area contributed by atoms with Crippen molar-refractivity contribution in [3.05, 3.63) is 67.8 Å². The molecule has 0 atom stereocenters. The molecule has 0 unspecified atom stereocenters. The van der Waals surface area contributed by atoms with Gasteiger partial charge in [-0.05, 0) is 23.1 Å². The van der Waals surface area contributed by atoms with Crippen LogP contribution in [0.2, 0.25) is 10.0 Å². The van der Waals surface area contributed by atoms with Gasteiger partial charge in [0.2, 0.25) is 0 Å². The van der Waals surface area contributed by atoms with Crippen molar-refractivity contribution in [2.45, 2.75) is 6.42 Å². The summed E-state index contributed by atoms with van der Waals surface area (Å²) in [5.74, 6) is -0.898. The Hall–Kier alpha value is -1.55. The Kier molecular flexibility index (Phi) is 3.89. The van der Waals surface area contributed by atoms with E-state index in [9.17, 15) is 9.90 Å². The van der Waals surface area contributed by atoms with Gasteiger partial charge in [0.25, 0.3) is 0 Å². The Bertz CT molecular complexity index is 839. The summed E-state index contributed by atoms with van der Waals surface area (Å²) < 4.78 is 0. The van der Waals surface area contributed by atoms with Crippen molar-refractivity contribution in [3.8, 4) is 0 Å². The number of carboxylic acids is 1. The maximum absolute atomic E-state index is 11.4. The molecular formula is C16H10Cl2O2S. The van der Waals surface area contributed by atoms with Gasteiger partial charge >= 0.3 is 5.97 Å². The predicted molar refractivity (Wildman–Crippen MR) is 88.1 cm³/mol. The summed E-state index contributed by atoms with van der Waals surface area (Å²) in [5, 5.41) is 12.2. The van der Waals surface area contributed by atoms with E-state index >= 15 is 0 Å². The zero-order valence-electron chi connectivity index (χ0n) is 10.8. The highest BCUT2D eigenvalue weighted by Gasteiger charge is 2.16. The van der Waals surface area contributed by atoms with Crippen molar-refractivity contribution in [1.29, 1.82) is 0 Å². The van der Waals surface area contributed by atoms with Crippen molar-refractivity contribution in [3.63, 3.8) is 0 Å². The van der Waals surface area contributed by atoms with Gasteiger partial charge in [-0.1, -0.05) is 53.5 Å². The zero-order chi connectivity index (χ0) is 15.0. The highest BCUT2D eigenvalue weighted by atomic mass is 35.5. The number of hydrogen-bond donors (Lipinski definition) is 1. The molecule has 0 amide bonds. The van der Waals surface area contributed by atoms with Crippen molar-refractivity contribution < 1.29 is 9.90 Å². The van der Waals surface area contributed by atoms with Crippen LogP contribution >= 0.6 is 34.5 Å². The van der Waals surface area contributed by atoms with E-state index in [2.05, 4.69) is 0 Å². The molecule has 3 aromatic rings. The third-order valence-corrected chi connectivity index (χ3v) is 5.05. The van der Waals surface area contributed by atoms with E-state index in [4.69, 9.17) is 23.2 Å². The molecule has 0 fully saturated rings. The molecule has 0 aliphatic carbocycles. The highest BCUT2D eigenvalue weighted by molar-refractivity contribution is 7.15. The van der Waals surface area contributed by atoms with Crippen LogP contribution in [0.3, 0.4) is 0 Å². The third-order valence-electron chi connectivity index (χ3n) is 3.26. The average Bonchev–Trinajstić information content (AvgIpc) is 2.81. The first kappa shape index (κ1) is 14.4. The molecule has 0 bridgehead atoms. The molecular weight excluding hydrogens is 327 g/mol. The molecule has 0 aliphatic rings. The van der Waals surface area contributed by atoms with Crippen LogP contribution in [0, 0.1) is 0 Å². The minimum atomic E-state index is -0.898. The molecule has 0 saturated heterocycles. The second-order valence-electron chi connectivity index (χ2n) is 4.62. The van der Waals surface area contributed by atoms with Gasteiger partial charge in [0.1, 0.15) is 4.88 Å². The van der Waals surface area contributed by atoms with Crippen LogP contribution in [0.1, 0.15) is 20.1 Å². The fourth-order valence-electron chi connectivity index (χ4n) is 2.29. The number of hydrogen-bond acceptors (Lipinski definition) is 2. The fourth-order valence-corrected chi connectivity index (χ4v) is 3.90. The smallest absolute Gasteiger partial charge is 0.346 e. The first-order valence-corrected chi connectivity index (χ1v) is 7.81. The standard InChI is InChI=1S/C16H10Cl2O2S/c17-10-6-5-9(13(18)8-10)7-14-11-3-1-2-4-12(11)15(21-14)16(19)20/h1-6,8H,7H2,(H,19,20). The van der Waals surface area contributed by atoms with Crippen LogP contribution in [0.25, 0.3) is 10.8 Å². The van der Waals surface area contributed by atoms with E-state index in [1.165, 1.54) is 11.3 Å². The van der Waals surface area contributed by atoms with Gasteiger partial charge in [0.05, 0.1) is 0 Å². The summed E-state index contributed by atoms with van der Waals surface area (Å²) in [4.78, 5) is 12.7. The van der Waals surface area contributed by atoms with E-state index in [1.807, 2.05) is 30.3 Å². The molecule has 1 N–H and O–H groups in total. The molecule has 2 nitrogen and oxygen atoms in total. The quantitative estimate of drug-likeness (QED) is 0.685. The summed E-state index contributed by atoms with van der Waals surface area (Å²) in [6, 6.07) is 12.9. The van der Waals surface area contributed by atoms with E-state index in [0.717, 1.165) is 21.2 Å². The van der Waals surface area contributed by atoms with Crippen molar-refractivity contribution in [1.82, 2.24) is 0 Å². The maximum atomic E-state index is 11.4. The number of carboxylic acid groups (broad SMARTS) is 1. The largest absolute Gasteiger partial charge is 0.477 e. The molecule has 21 heavy (non-hydrogen) atoms. The van der Waals surface area contributed by atoms with Crippen LogP contribution in [0.5, 0.6) is 0 Å². The zero-order valence-corrected chi connectivity index (χ0v) is 13.1. The monoisotopic (exact) mass is 336 g/mol. The number of thiophene rings is 1. The molecule has 1 aromatic heterocycles. The van der Waals surface area contributed by atoms with Crippen molar-refractivity contribution in [2.24, 2.45) is 0 Å². The van der Waals surface area contributed by atoms with Crippen LogP contribution in [-0.4, -0.2) is 11.1 Å². The third kappa shape index (κ3) is 2.77. The minimum absolute atomic E-state index is 0.366. The Morgan fingerprint density at radius 3 is 2.48 bits per heavy atom. The van der Waals surface area contributed by atoms with Crippen LogP contribution in [0.15, 0.2) is 42.5 Å². The lowest BCUT2D eigenvalue weighted by molar-refractivity contribution is 0.0704. The Morgan fingerprint density at radius 2 is 1.81 bits per heavy atom. The van der Waals surface area contributed by atoms with E-state index in [1.54, 1.807) is 12.1 Å². The van der Waals surface area contributed by atoms with Gasteiger partial charge in [0, 0.05) is 26.7 Å². The maximum Gasteiger partial charge on any atom is 0.346 e. The molecule has 0 aliphatic heterocycles. The number of benzene rings is 2. The first-order chi connectivity index (χ1) is 10.1. The minimum Gasteiger partial charge on any atom is -0.477 e. The summed E-state index contributed by atoms with van der Waals surface area (Å²) >= 11 is 13.4. The van der Waals surface area contributed by atoms with Crippen molar-refractivity contribution in [2.75, 3.05) is 0 Å².